The molecule has 8 bridgehead atoms. The van der Waals surface area contributed by atoms with Crippen molar-refractivity contribution in [3.8, 4) is 33.8 Å². The third kappa shape index (κ3) is 9.34. The zero-order chi connectivity index (χ0) is 39.0. The molecule has 2 aromatic carbocycles. The Morgan fingerprint density at radius 3 is 1.29 bits per heavy atom. The van der Waals surface area contributed by atoms with Crippen LogP contribution in [0.2, 0.25) is 0 Å². The Hall–Kier alpha value is -4.56. The quantitative estimate of drug-likeness (QED) is 0.0705. The third-order valence-electron chi connectivity index (χ3n) is 9.21. The van der Waals surface area contributed by atoms with Gasteiger partial charge in [-0.15, -0.1) is 0 Å². The molecule has 2 aliphatic heterocycles. The Bertz CT molecular complexity index is 2200. The summed E-state index contributed by atoms with van der Waals surface area (Å²) in [5.74, 6) is 1.40. The molecule has 3 aromatic heterocycles. The number of hydrogen-bond donors (Lipinski definition) is 4. The summed E-state index contributed by atoms with van der Waals surface area (Å²) >= 11 is 7.71. The van der Waals surface area contributed by atoms with Crippen molar-refractivity contribution >= 4 is 78.2 Å². The van der Waals surface area contributed by atoms with Gasteiger partial charge < -0.3 is 39.1 Å². The average Bonchev–Trinajstić information content (AvgIpc) is 4.06. The van der Waals surface area contributed by atoms with E-state index in [-0.39, 0.29) is 0 Å². The van der Waals surface area contributed by atoms with Crippen LogP contribution in [-0.4, -0.2) is 69.2 Å². The van der Waals surface area contributed by atoms with Crippen LogP contribution in [0.1, 0.15) is 62.3 Å². The maximum Gasteiger partial charge on any atom is 0.157 e. The van der Waals surface area contributed by atoms with Crippen molar-refractivity contribution in [3.63, 3.8) is 0 Å². The highest BCUT2D eigenvalue weighted by Crippen LogP contribution is 2.37. The number of halogens is 2. The highest BCUT2D eigenvalue weighted by Gasteiger charge is 2.17. The number of nitrogens with one attached hydrogen (secondary N) is 2. The van der Waals surface area contributed by atoms with Crippen LogP contribution in [0, 0.1) is 0 Å². The molecule has 2 aliphatic rings. The number of aromatic amines is 2. The Balaban J connectivity index is 1.27. The van der Waals surface area contributed by atoms with Gasteiger partial charge in [-0.05, 0) is 129 Å². The summed E-state index contributed by atoms with van der Waals surface area (Å²) in [5, 5.41) is 20.0. The van der Waals surface area contributed by atoms with E-state index in [0.29, 0.717) is 50.8 Å². The number of nitrogens with zero attached hydrogens (tertiary/aromatic N) is 2. The largest absolute Gasteiger partial charge is 0.493 e. The van der Waals surface area contributed by atoms with Crippen molar-refractivity contribution < 1.29 is 29.2 Å². The standard InChI is InChI=1S/C44H44Br2N4O6/c1-3-23-55-39(51)21-25-53-29-9-5-27(6-10-29)41-31-13-17-35(47-31)43(45)37-19-15-33(49-37)42(34-16-20-38(50-34)44(46)36-18-14-32(41)48-36)28-7-11-30(12-8-28)54-26-22-40(52)56-24-4-2/h5-20,39-40,47,50-52H,3-4,21-26H2,1-2H3. The van der Waals surface area contributed by atoms with E-state index in [9.17, 15) is 10.2 Å². The fourth-order valence-corrected chi connectivity index (χ4v) is 7.31. The Kier molecular flexibility index (Phi) is 13.2. The number of ether oxygens (including phenoxy) is 4. The van der Waals surface area contributed by atoms with E-state index in [1.807, 2.05) is 98.8 Å². The summed E-state index contributed by atoms with van der Waals surface area (Å²) in [7, 11) is 0. The number of hydrogen-bond acceptors (Lipinski definition) is 8. The molecule has 4 N–H and O–H groups in total. The van der Waals surface area contributed by atoms with Gasteiger partial charge in [0.05, 0.1) is 56.0 Å². The van der Waals surface area contributed by atoms with Gasteiger partial charge in [-0.2, -0.15) is 0 Å². The molecule has 2 unspecified atom stereocenters. The van der Waals surface area contributed by atoms with Gasteiger partial charge in [-0.1, -0.05) is 38.1 Å². The number of aliphatic hydroxyl groups is 2. The molecule has 10 nitrogen and oxygen atoms in total. The van der Waals surface area contributed by atoms with E-state index in [1.54, 1.807) is 0 Å². The molecule has 5 heterocycles. The molecule has 0 fully saturated rings. The lowest BCUT2D eigenvalue weighted by atomic mass is 10.0. The summed E-state index contributed by atoms with van der Waals surface area (Å²) in [5.41, 5.74) is 10.5. The van der Waals surface area contributed by atoms with Crippen LogP contribution < -0.4 is 9.47 Å². The smallest absolute Gasteiger partial charge is 0.157 e. The molecular formula is C44H44Br2N4O6. The molecule has 0 aliphatic carbocycles. The summed E-state index contributed by atoms with van der Waals surface area (Å²) < 4.78 is 24.2. The predicted molar refractivity (Wildman–Crippen MR) is 230 cm³/mol. The first-order valence-electron chi connectivity index (χ1n) is 18.8. The van der Waals surface area contributed by atoms with Crippen molar-refractivity contribution in [3.05, 3.63) is 105 Å². The summed E-state index contributed by atoms with van der Waals surface area (Å²) in [4.78, 5) is 17.5. The van der Waals surface area contributed by atoms with E-state index in [2.05, 4.69) is 54.0 Å². The third-order valence-corrected chi connectivity index (χ3v) is 10.9. The van der Waals surface area contributed by atoms with Crippen molar-refractivity contribution in [1.82, 2.24) is 19.9 Å². The second-order valence-electron chi connectivity index (χ2n) is 13.4. The van der Waals surface area contributed by atoms with Gasteiger partial charge >= 0.3 is 0 Å². The molecule has 7 rings (SSSR count). The number of benzene rings is 2. The molecule has 56 heavy (non-hydrogen) atoms. The van der Waals surface area contributed by atoms with E-state index >= 15 is 0 Å². The lowest BCUT2D eigenvalue weighted by molar-refractivity contribution is -0.107. The molecule has 2 atom stereocenters. The minimum absolute atomic E-state index is 0.336. The van der Waals surface area contributed by atoms with Crippen LogP contribution in [0.25, 0.3) is 68.6 Å². The lowest BCUT2D eigenvalue weighted by Crippen LogP contribution is -2.16. The van der Waals surface area contributed by atoms with E-state index in [1.165, 1.54) is 0 Å². The molecule has 0 spiro atoms. The summed E-state index contributed by atoms with van der Waals surface area (Å²) in [6.07, 6.45) is 8.85. The number of aromatic nitrogens is 4. The van der Waals surface area contributed by atoms with Gasteiger partial charge in [0.1, 0.15) is 11.5 Å². The number of fused-ring (bicyclic) bond motifs is 8. The zero-order valence-electron chi connectivity index (χ0n) is 31.2. The van der Waals surface area contributed by atoms with Crippen LogP contribution in [0.15, 0.2) is 81.7 Å². The number of H-pyrrole nitrogens is 2. The molecule has 12 heteroatoms. The van der Waals surface area contributed by atoms with Gasteiger partial charge in [0, 0.05) is 48.2 Å². The van der Waals surface area contributed by atoms with Crippen molar-refractivity contribution in [2.45, 2.75) is 52.1 Å². The van der Waals surface area contributed by atoms with Crippen molar-refractivity contribution in [2.75, 3.05) is 26.4 Å². The predicted octanol–water partition coefficient (Wildman–Crippen LogP) is 10.5. The van der Waals surface area contributed by atoms with Crippen LogP contribution in [0.5, 0.6) is 11.5 Å². The normalized spacial score (nSPS) is 13.2. The fraction of sp³-hybridized carbons (Fsp3) is 0.273. The average molecular weight is 885 g/mol. The molecule has 0 saturated heterocycles. The Morgan fingerprint density at radius 1 is 0.518 bits per heavy atom. The minimum atomic E-state index is -0.843. The number of aliphatic hydroxyl groups excluding tert-OH is 2. The number of rotatable bonds is 16. The maximum atomic E-state index is 10.0. The summed E-state index contributed by atoms with van der Waals surface area (Å²) in [6, 6.07) is 24.0. The fourth-order valence-electron chi connectivity index (χ4n) is 6.41. The lowest BCUT2D eigenvalue weighted by Gasteiger charge is -2.12. The van der Waals surface area contributed by atoms with Crippen LogP contribution in [0.4, 0.5) is 0 Å². The van der Waals surface area contributed by atoms with Gasteiger partial charge in [0.15, 0.2) is 12.6 Å². The van der Waals surface area contributed by atoms with Gasteiger partial charge in [0.2, 0.25) is 0 Å². The minimum Gasteiger partial charge on any atom is -0.493 e. The maximum absolute atomic E-state index is 10.0. The summed E-state index contributed by atoms with van der Waals surface area (Å²) in [6.45, 7) is 5.71. The van der Waals surface area contributed by atoms with E-state index in [0.717, 1.165) is 88.9 Å². The first kappa shape index (κ1) is 39.7. The topological polar surface area (TPSA) is 135 Å². The second kappa shape index (κ2) is 18.6. The highest BCUT2D eigenvalue weighted by molar-refractivity contribution is 9.11. The van der Waals surface area contributed by atoms with E-state index in [4.69, 9.17) is 28.9 Å². The van der Waals surface area contributed by atoms with Gasteiger partial charge in [-0.3, -0.25) is 0 Å². The van der Waals surface area contributed by atoms with Crippen LogP contribution in [-0.2, 0) is 9.47 Å². The molecule has 0 saturated carbocycles. The molecule has 0 amide bonds. The molecule has 290 valence electrons. The van der Waals surface area contributed by atoms with Gasteiger partial charge in [0.25, 0.3) is 0 Å². The first-order valence-corrected chi connectivity index (χ1v) is 20.4. The molecule has 0 radical (unpaired) electrons. The van der Waals surface area contributed by atoms with Crippen LogP contribution in [0.3, 0.4) is 0 Å². The SMILES string of the molecule is CCCOC(O)CCOc1ccc(-c2c3nc(c(Br)c4ccc([nH]4)c(-c4ccc(OCCC(O)OCCC)cc4)c4nc(c(Br)c5ccc2[nH]5)C=C4)C=C3)cc1. The second-order valence-corrected chi connectivity index (χ2v) is 14.9. The Morgan fingerprint density at radius 2 is 0.893 bits per heavy atom. The first-order chi connectivity index (χ1) is 27.3. The van der Waals surface area contributed by atoms with E-state index < -0.39 is 12.6 Å². The van der Waals surface area contributed by atoms with Crippen LogP contribution >= 0.6 is 31.9 Å². The zero-order valence-corrected chi connectivity index (χ0v) is 34.4. The highest BCUT2D eigenvalue weighted by atomic mass is 79.9. The van der Waals surface area contributed by atoms with Crippen molar-refractivity contribution in [1.29, 1.82) is 0 Å². The molecule has 5 aromatic rings. The monoisotopic (exact) mass is 882 g/mol. The van der Waals surface area contributed by atoms with Gasteiger partial charge in [-0.25, -0.2) is 9.97 Å². The van der Waals surface area contributed by atoms with Crippen molar-refractivity contribution in [2.24, 2.45) is 0 Å². The molecular weight excluding hydrogens is 840 g/mol. The Labute approximate surface area is 342 Å².